The van der Waals surface area contributed by atoms with E-state index in [0.29, 0.717) is 0 Å². The number of unbranched alkanes of at least 4 members (excludes halogenated alkanes) is 15. The summed E-state index contributed by atoms with van der Waals surface area (Å²) in [5.41, 5.74) is 0. The van der Waals surface area contributed by atoms with Crippen LogP contribution in [0, 0.1) is 0 Å². The second kappa shape index (κ2) is 19.2. The number of nitrogens with zero attached hydrogens (tertiary/aromatic N) is 2. The third kappa shape index (κ3) is 13.2. The quantitative estimate of drug-likeness (QED) is 0.143. The zero-order chi connectivity index (χ0) is 21.0. The van der Waals surface area contributed by atoms with Gasteiger partial charge in [-0.2, -0.15) is 0 Å². The number of imidazole rings is 1. The maximum absolute atomic E-state index is 2.56. The van der Waals surface area contributed by atoms with Gasteiger partial charge in [0.25, 0.3) is 5.82 Å². The van der Waals surface area contributed by atoms with Gasteiger partial charge in [-0.3, -0.25) is 0 Å². The van der Waals surface area contributed by atoms with Crippen molar-refractivity contribution in [2.75, 3.05) is 0 Å². The van der Waals surface area contributed by atoms with E-state index in [9.17, 15) is 0 Å². The molecule has 0 N–H and O–H groups in total. The fourth-order valence-corrected chi connectivity index (χ4v) is 4.44. The van der Waals surface area contributed by atoms with E-state index in [1.807, 2.05) is 0 Å². The van der Waals surface area contributed by atoms with Crippen molar-refractivity contribution in [2.24, 2.45) is 0 Å². The third-order valence-corrected chi connectivity index (χ3v) is 6.31. The van der Waals surface area contributed by atoms with Crippen LogP contribution in [0.3, 0.4) is 0 Å². The van der Waals surface area contributed by atoms with Gasteiger partial charge in [-0.05, 0) is 25.7 Å². The molecule has 0 bridgehead atoms. The molecule has 2 heteroatoms. The normalized spacial score (nSPS) is 11.4. The van der Waals surface area contributed by atoms with E-state index < -0.39 is 0 Å². The molecule has 1 aromatic rings. The van der Waals surface area contributed by atoms with Crippen molar-refractivity contribution < 1.29 is 4.57 Å². The van der Waals surface area contributed by atoms with Gasteiger partial charge in [0, 0.05) is 6.42 Å². The van der Waals surface area contributed by atoms with Crippen molar-refractivity contribution in [3.05, 3.63) is 18.2 Å². The first-order chi connectivity index (χ1) is 14.3. The molecule has 0 atom stereocenters. The molecule has 0 spiro atoms. The molecule has 0 aliphatic carbocycles. The zero-order valence-corrected chi connectivity index (χ0v) is 20.4. The Morgan fingerprint density at radius 1 is 0.586 bits per heavy atom. The Bertz CT molecular complexity index is 463. The van der Waals surface area contributed by atoms with Gasteiger partial charge in [-0.1, -0.05) is 111 Å². The minimum Gasteiger partial charge on any atom is -0.234 e. The first kappa shape index (κ1) is 26.2. The molecule has 29 heavy (non-hydrogen) atoms. The molecule has 2 nitrogen and oxygen atoms in total. The summed E-state index contributed by atoms with van der Waals surface area (Å²) in [5, 5.41) is 0. The van der Waals surface area contributed by atoms with Gasteiger partial charge in [0.2, 0.25) is 0 Å². The Morgan fingerprint density at radius 2 is 1.07 bits per heavy atom. The fraction of sp³-hybridized carbons (Fsp3) is 0.889. The highest BCUT2D eigenvalue weighted by atomic mass is 15.1. The van der Waals surface area contributed by atoms with Crippen LogP contribution in [0.2, 0.25) is 0 Å². The van der Waals surface area contributed by atoms with Crippen molar-refractivity contribution in [1.82, 2.24) is 4.57 Å². The smallest absolute Gasteiger partial charge is 0.234 e. The van der Waals surface area contributed by atoms with Crippen LogP contribution in [-0.2, 0) is 19.5 Å². The minimum absolute atomic E-state index is 1.18. The number of hydrogen-bond donors (Lipinski definition) is 0. The Morgan fingerprint density at radius 3 is 1.59 bits per heavy atom. The zero-order valence-electron chi connectivity index (χ0n) is 20.4. The summed E-state index contributed by atoms with van der Waals surface area (Å²) < 4.78 is 5.08. The van der Waals surface area contributed by atoms with Crippen LogP contribution in [-0.4, -0.2) is 4.57 Å². The fourth-order valence-electron chi connectivity index (χ4n) is 4.44. The summed E-state index contributed by atoms with van der Waals surface area (Å²) in [6.07, 6.45) is 31.2. The van der Waals surface area contributed by atoms with E-state index in [2.05, 4.69) is 42.3 Å². The molecule has 1 rings (SSSR count). The third-order valence-electron chi connectivity index (χ3n) is 6.31. The average Bonchev–Trinajstić information content (AvgIpc) is 3.10. The largest absolute Gasteiger partial charge is 0.256 e. The summed E-state index contributed by atoms with van der Waals surface area (Å²) in [6, 6.07) is 0. The molecule has 1 aromatic heterocycles. The predicted octanol–water partition coefficient (Wildman–Crippen LogP) is 8.40. The molecule has 0 aliphatic heterocycles. The van der Waals surface area contributed by atoms with Crippen LogP contribution < -0.4 is 4.57 Å². The predicted molar refractivity (Wildman–Crippen MR) is 128 cm³/mol. The van der Waals surface area contributed by atoms with Crippen molar-refractivity contribution in [1.29, 1.82) is 0 Å². The van der Waals surface area contributed by atoms with E-state index in [1.54, 1.807) is 5.82 Å². The maximum atomic E-state index is 2.56. The Balaban J connectivity index is 2.18. The van der Waals surface area contributed by atoms with E-state index in [4.69, 9.17) is 0 Å². The summed E-state index contributed by atoms with van der Waals surface area (Å²) in [5.74, 6) is 1.58. The first-order valence-electron chi connectivity index (χ1n) is 13.4. The first-order valence-corrected chi connectivity index (χ1v) is 13.4. The molecular formula is C27H53N2+. The van der Waals surface area contributed by atoms with E-state index in [-0.39, 0.29) is 0 Å². The molecular weight excluding hydrogens is 352 g/mol. The highest BCUT2D eigenvalue weighted by molar-refractivity contribution is 4.84. The van der Waals surface area contributed by atoms with Crippen LogP contribution >= 0.6 is 0 Å². The molecule has 0 saturated carbocycles. The minimum atomic E-state index is 1.18. The Labute approximate surface area is 183 Å². The highest BCUT2D eigenvalue weighted by Gasteiger charge is 2.15. The molecule has 0 aliphatic rings. The van der Waals surface area contributed by atoms with Crippen molar-refractivity contribution in [3.8, 4) is 0 Å². The summed E-state index contributed by atoms with van der Waals surface area (Å²) in [6.45, 7) is 9.29. The van der Waals surface area contributed by atoms with Crippen molar-refractivity contribution in [3.63, 3.8) is 0 Å². The molecule has 1 heterocycles. The van der Waals surface area contributed by atoms with E-state index in [1.165, 1.54) is 135 Å². The van der Waals surface area contributed by atoms with E-state index in [0.717, 1.165) is 0 Å². The molecule has 0 amide bonds. The SMILES string of the molecule is CCCCCCCCCCCCCn1cc[n+](CCC)c1CCCCCCCC. The lowest BCUT2D eigenvalue weighted by atomic mass is 10.1. The summed E-state index contributed by atoms with van der Waals surface area (Å²) in [4.78, 5) is 0. The van der Waals surface area contributed by atoms with Crippen LogP contribution in [0.4, 0.5) is 0 Å². The Hall–Kier alpha value is -0.790. The summed E-state index contributed by atoms with van der Waals surface area (Å²) in [7, 11) is 0. The van der Waals surface area contributed by atoms with Crippen LogP contribution in [0.25, 0.3) is 0 Å². The van der Waals surface area contributed by atoms with Crippen LogP contribution in [0.1, 0.15) is 142 Å². The lowest BCUT2D eigenvalue weighted by molar-refractivity contribution is -0.703. The van der Waals surface area contributed by atoms with Gasteiger partial charge in [0.05, 0.1) is 13.1 Å². The van der Waals surface area contributed by atoms with Gasteiger partial charge >= 0.3 is 0 Å². The Kier molecular flexibility index (Phi) is 17.4. The molecule has 0 unspecified atom stereocenters. The van der Waals surface area contributed by atoms with Crippen molar-refractivity contribution in [2.45, 2.75) is 156 Å². The highest BCUT2D eigenvalue weighted by Crippen LogP contribution is 2.13. The second-order valence-corrected chi connectivity index (χ2v) is 9.15. The number of hydrogen-bond acceptors (Lipinski definition) is 0. The number of aryl methyl sites for hydroxylation is 2. The van der Waals surface area contributed by atoms with Gasteiger partial charge in [0.15, 0.2) is 0 Å². The van der Waals surface area contributed by atoms with Crippen molar-refractivity contribution >= 4 is 0 Å². The van der Waals surface area contributed by atoms with Gasteiger partial charge in [-0.15, -0.1) is 0 Å². The lowest BCUT2D eigenvalue weighted by Gasteiger charge is -2.06. The van der Waals surface area contributed by atoms with E-state index >= 15 is 0 Å². The van der Waals surface area contributed by atoms with Gasteiger partial charge in [-0.25, -0.2) is 9.13 Å². The number of rotatable bonds is 21. The van der Waals surface area contributed by atoms with Crippen LogP contribution in [0.15, 0.2) is 12.4 Å². The van der Waals surface area contributed by atoms with Crippen LogP contribution in [0.5, 0.6) is 0 Å². The second-order valence-electron chi connectivity index (χ2n) is 9.15. The maximum Gasteiger partial charge on any atom is 0.256 e. The molecule has 0 saturated heterocycles. The molecule has 170 valence electrons. The standard InChI is InChI=1S/C27H53N2/c1-4-7-9-11-13-14-15-16-17-19-21-24-29-26-25-28(23-6-3)27(29)22-20-18-12-10-8-5-2/h25-26H,4-24H2,1-3H3/q+1. The molecule has 0 fully saturated rings. The monoisotopic (exact) mass is 405 g/mol. The summed E-state index contributed by atoms with van der Waals surface area (Å²) >= 11 is 0. The lowest BCUT2D eigenvalue weighted by Crippen LogP contribution is -2.37. The van der Waals surface area contributed by atoms with Gasteiger partial charge < -0.3 is 0 Å². The van der Waals surface area contributed by atoms with Gasteiger partial charge in [0.1, 0.15) is 12.4 Å². The molecule has 0 radical (unpaired) electrons. The molecule has 0 aromatic carbocycles. The number of aromatic nitrogens is 2. The average molecular weight is 406 g/mol. The topological polar surface area (TPSA) is 8.81 Å².